The predicted octanol–water partition coefficient (Wildman–Crippen LogP) is 1.80. The van der Waals surface area contributed by atoms with Crippen LogP contribution in [0.25, 0.3) is 0 Å². The summed E-state index contributed by atoms with van der Waals surface area (Å²) < 4.78 is 5.63. The van der Waals surface area contributed by atoms with Gasteiger partial charge in [-0.1, -0.05) is 18.2 Å². The van der Waals surface area contributed by atoms with Gasteiger partial charge in [0.05, 0.1) is 0 Å². The second-order valence-corrected chi connectivity index (χ2v) is 3.36. The van der Waals surface area contributed by atoms with Gasteiger partial charge in [-0.3, -0.25) is 0 Å². The zero-order valence-electron chi connectivity index (χ0n) is 5.84. The van der Waals surface area contributed by atoms with E-state index in [0.717, 1.165) is 0 Å². The Morgan fingerprint density at radius 3 is 3.50 bits per heavy atom. The van der Waals surface area contributed by atoms with E-state index >= 15 is 0 Å². The van der Waals surface area contributed by atoms with Gasteiger partial charge in [-0.05, 0) is 24.8 Å². The average Bonchev–Trinajstić information content (AvgIpc) is 2.51. The van der Waals surface area contributed by atoms with E-state index in [2.05, 4.69) is 18.2 Å². The van der Waals surface area contributed by atoms with Gasteiger partial charge in [0.2, 0.25) is 0 Å². The molecule has 0 aromatic heterocycles. The molecule has 1 spiro atoms. The molecule has 2 atom stereocenters. The largest absolute Gasteiger partial charge is 0.357 e. The monoisotopic (exact) mass is 134 g/mol. The molecule has 3 rings (SSSR count). The maximum absolute atomic E-state index is 5.63. The van der Waals surface area contributed by atoms with E-state index in [1.165, 1.54) is 19.3 Å². The molecule has 0 bridgehead atoms. The first-order valence-electron chi connectivity index (χ1n) is 3.97. The lowest BCUT2D eigenvalue weighted by molar-refractivity contribution is 0.334. The molecular weight excluding hydrogens is 124 g/mol. The van der Waals surface area contributed by atoms with Crippen molar-refractivity contribution in [2.24, 2.45) is 0 Å². The van der Waals surface area contributed by atoms with E-state index in [1.54, 1.807) is 5.57 Å². The maximum atomic E-state index is 5.63. The fraction of sp³-hybridized carbons (Fsp3) is 0.556. The molecule has 0 N–H and O–H groups in total. The maximum Gasteiger partial charge on any atom is 0.120 e. The lowest BCUT2D eigenvalue weighted by Gasteiger charge is -2.06. The molecule has 1 nitrogen and oxygen atoms in total. The minimum absolute atomic E-state index is 0.231. The molecule has 0 aromatic carbocycles. The summed E-state index contributed by atoms with van der Waals surface area (Å²) in [6, 6.07) is 0. The SMILES string of the molecule is C1=CC2OC23CCCC3=C1. The van der Waals surface area contributed by atoms with Crippen LogP contribution in [0.5, 0.6) is 0 Å². The summed E-state index contributed by atoms with van der Waals surface area (Å²) in [6.45, 7) is 0. The highest BCUT2D eigenvalue weighted by atomic mass is 16.6. The molecule has 0 amide bonds. The highest BCUT2D eigenvalue weighted by Gasteiger charge is 2.59. The van der Waals surface area contributed by atoms with Gasteiger partial charge < -0.3 is 4.74 Å². The van der Waals surface area contributed by atoms with E-state index in [4.69, 9.17) is 4.74 Å². The molecule has 1 aliphatic heterocycles. The van der Waals surface area contributed by atoms with Crippen molar-refractivity contribution in [3.8, 4) is 0 Å². The first-order chi connectivity index (χ1) is 4.92. The van der Waals surface area contributed by atoms with Crippen molar-refractivity contribution in [3.05, 3.63) is 23.8 Å². The molecule has 52 valence electrons. The minimum Gasteiger partial charge on any atom is -0.357 e. The minimum atomic E-state index is 0.231. The molecule has 1 heterocycles. The lowest BCUT2D eigenvalue weighted by atomic mass is 9.94. The Labute approximate surface area is 60.4 Å². The molecule has 3 aliphatic rings. The quantitative estimate of drug-likeness (QED) is 0.460. The van der Waals surface area contributed by atoms with Crippen LogP contribution in [0.3, 0.4) is 0 Å². The van der Waals surface area contributed by atoms with Crippen LogP contribution in [0, 0.1) is 0 Å². The smallest absolute Gasteiger partial charge is 0.120 e. The summed E-state index contributed by atoms with van der Waals surface area (Å²) in [7, 11) is 0. The van der Waals surface area contributed by atoms with Crippen molar-refractivity contribution < 1.29 is 4.74 Å². The number of rotatable bonds is 0. The molecule has 0 radical (unpaired) electrons. The van der Waals surface area contributed by atoms with Crippen LogP contribution in [-0.4, -0.2) is 11.7 Å². The van der Waals surface area contributed by atoms with E-state index in [9.17, 15) is 0 Å². The van der Waals surface area contributed by atoms with E-state index in [0.29, 0.717) is 6.10 Å². The average molecular weight is 134 g/mol. The fourth-order valence-electron chi connectivity index (χ4n) is 2.26. The highest BCUT2D eigenvalue weighted by molar-refractivity contribution is 5.41. The molecule has 1 saturated heterocycles. The Kier molecular flexibility index (Phi) is 0.706. The predicted molar refractivity (Wildman–Crippen MR) is 38.7 cm³/mol. The molecule has 2 unspecified atom stereocenters. The summed E-state index contributed by atoms with van der Waals surface area (Å²) in [6.07, 6.45) is 10.8. The van der Waals surface area contributed by atoms with Crippen molar-refractivity contribution in [3.63, 3.8) is 0 Å². The van der Waals surface area contributed by atoms with Gasteiger partial charge >= 0.3 is 0 Å². The highest BCUT2D eigenvalue weighted by Crippen LogP contribution is 2.55. The van der Waals surface area contributed by atoms with Crippen molar-refractivity contribution in [1.29, 1.82) is 0 Å². The van der Waals surface area contributed by atoms with Gasteiger partial charge in [0.1, 0.15) is 11.7 Å². The van der Waals surface area contributed by atoms with Gasteiger partial charge in [0, 0.05) is 0 Å². The van der Waals surface area contributed by atoms with Gasteiger partial charge in [-0.15, -0.1) is 0 Å². The molecule has 2 aliphatic carbocycles. The van der Waals surface area contributed by atoms with Crippen LogP contribution >= 0.6 is 0 Å². The summed E-state index contributed by atoms with van der Waals surface area (Å²) >= 11 is 0. The number of hydrogen-bond donors (Lipinski definition) is 0. The second-order valence-electron chi connectivity index (χ2n) is 3.36. The number of hydrogen-bond acceptors (Lipinski definition) is 1. The Morgan fingerprint density at radius 2 is 2.60 bits per heavy atom. The van der Waals surface area contributed by atoms with E-state index < -0.39 is 0 Å². The van der Waals surface area contributed by atoms with Crippen molar-refractivity contribution in [2.75, 3.05) is 0 Å². The van der Waals surface area contributed by atoms with Crippen LogP contribution in [0.2, 0.25) is 0 Å². The molecule has 10 heavy (non-hydrogen) atoms. The van der Waals surface area contributed by atoms with Gasteiger partial charge in [0.25, 0.3) is 0 Å². The molecule has 0 aromatic rings. The fourth-order valence-corrected chi connectivity index (χ4v) is 2.26. The second kappa shape index (κ2) is 1.37. The number of epoxide rings is 1. The third kappa shape index (κ3) is 0.410. The molecule has 1 saturated carbocycles. The third-order valence-corrected chi connectivity index (χ3v) is 2.86. The Balaban J connectivity index is 2.12. The van der Waals surface area contributed by atoms with Crippen LogP contribution < -0.4 is 0 Å². The summed E-state index contributed by atoms with van der Waals surface area (Å²) in [5.41, 5.74) is 1.77. The summed E-state index contributed by atoms with van der Waals surface area (Å²) in [4.78, 5) is 0. The van der Waals surface area contributed by atoms with E-state index in [1.807, 2.05) is 0 Å². The Hall–Kier alpha value is -0.560. The van der Waals surface area contributed by atoms with Crippen LogP contribution in [0.15, 0.2) is 23.8 Å². The van der Waals surface area contributed by atoms with Crippen molar-refractivity contribution in [2.45, 2.75) is 31.0 Å². The molecule has 2 fully saturated rings. The Morgan fingerprint density at radius 1 is 1.60 bits per heavy atom. The van der Waals surface area contributed by atoms with Crippen molar-refractivity contribution in [1.82, 2.24) is 0 Å². The van der Waals surface area contributed by atoms with Crippen LogP contribution in [0.1, 0.15) is 19.3 Å². The molecule has 1 heteroatoms. The summed E-state index contributed by atoms with van der Waals surface area (Å²) in [5.74, 6) is 0. The van der Waals surface area contributed by atoms with Crippen molar-refractivity contribution >= 4 is 0 Å². The topological polar surface area (TPSA) is 12.5 Å². The van der Waals surface area contributed by atoms with Crippen LogP contribution in [-0.2, 0) is 4.74 Å². The first-order valence-corrected chi connectivity index (χ1v) is 3.97. The van der Waals surface area contributed by atoms with E-state index in [-0.39, 0.29) is 5.60 Å². The number of ether oxygens (including phenoxy) is 1. The summed E-state index contributed by atoms with van der Waals surface area (Å²) in [5, 5.41) is 0. The van der Waals surface area contributed by atoms with Gasteiger partial charge in [-0.25, -0.2) is 0 Å². The Bertz CT molecular complexity index is 239. The first kappa shape index (κ1) is 5.14. The number of allylic oxidation sites excluding steroid dienone is 2. The van der Waals surface area contributed by atoms with Gasteiger partial charge in [-0.2, -0.15) is 0 Å². The standard InChI is InChI=1S/C9H10O/c1-3-7-4-2-6-9(7)8(5-1)10-9/h1,3,5,8H,2,4,6H2. The lowest BCUT2D eigenvalue weighted by Crippen LogP contribution is -2.12. The third-order valence-electron chi connectivity index (χ3n) is 2.86. The normalized spacial score (nSPS) is 48.0. The zero-order chi connectivity index (χ0) is 6.60. The van der Waals surface area contributed by atoms with Crippen LogP contribution in [0.4, 0.5) is 0 Å². The molecular formula is C9H10O. The zero-order valence-corrected chi connectivity index (χ0v) is 5.84. The van der Waals surface area contributed by atoms with Gasteiger partial charge in [0.15, 0.2) is 0 Å².